The normalized spacial score (nSPS) is 12.1. The first-order valence-corrected chi connectivity index (χ1v) is 27.7. The smallest absolute Gasteiger partial charge is 0.268 e. The Balaban J connectivity index is 1.03. The zero-order chi connectivity index (χ0) is 56.1. The molecule has 0 aliphatic carbocycles. The van der Waals surface area contributed by atoms with Crippen molar-refractivity contribution >= 4 is 39.3 Å². The average Bonchev–Trinajstić information content (AvgIpc) is 4.22. The maximum atomic E-state index is 16.5. The number of imide groups is 1. The fraction of sp³-hybridized carbons (Fsp3) is 0. The summed E-state index contributed by atoms with van der Waals surface area (Å²) >= 11 is 0. The maximum absolute atomic E-state index is 16.5. The molecule has 2 amide bonds. The number of aromatic nitrogens is 7. The summed E-state index contributed by atoms with van der Waals surface area (Å²) in [4.78, 5) is 65.0. The molecule has 0 unspecified atom stereocenters. The van der Waals surface area contributed by atoms with Gasteiger partial charge in [0.2, 0.25) is 0 Å². The van der Waals surface area contributed by atoms with Crippen molar-refractivity contribution in [2.24, 2.45) is 0 Å². The molecule has 0 saturated heterocycles. The Morgan fingerprint density at radius 3 is 0.952 bits per heavy atom. The van der Waals surface area contributed by atoms with E-state index in [9.17, 15) is 0 Å². The zero-order valence-electron chi connectivity index (χ0n) is 45.0. The van der Waals surface area contributed by atoms with Crippen LogP contribution >= 0.6 is 0 Å². The summed E-state index contributed by atoms with van der Waals surface area (Å²) < 4.78 is 2.10. The average molecular weight is 1080 g/mol. The van der Waals surface area contributed by atoms with Crippen LogP contribution in [0.5, 0.6) is 0 Å². The van der Waals surface area contributed by atoms with Crippen molar-refractivity contribution < 1.29 is 9.59 Å². The molecule has 3 aromatic heterocycles. The minimum Gasteiger partial charge on any atom is -0.307 e. The van der Waals surface area contributed by atoms with Crippen LogP contribution in [0.4, 0.5) is 5.69 Å². The highest BCUT2D eigenvalue weighted by atomic mass is 16.2. The van der Waals surface area contributed by atoms with Gasteiger partial charge in [-0.15, -0.1) is 0 Å². The fourth-order valence-corrected chi connectivity index (χ4v) is 11.6. The van der Waals surface area contributed by atoms with Crippen LogP contribution in [0.2, 0.25) is 0 Å². The minimum absolute atomic E-state index is 0.229. The van der Waals surface area contributed by atoms with Gasteiger partial charge in [-0.3, -0.25) is 9.59 Å². The fourth-order valence-electron chi connectivity index (χ4n) is 11.6. The van der Waals surface area contributed by atoms with Gasteiger partial charge in [0.1, 0.15) is 0 Å². The third-order valence-electron chi connectivity index (χ3n) is 15.4. The molecule has 1 aliphatic rings. The van der Waals surface area contributed by atoms with Crippen LogP contribution in [0, 0.1) is 0 Å². The van der Waals surface area contributed by atoms with Crippen molar-refractivity contribution in [3.8, 4) is 107 Å². The Hall–Kier alpha value is -11.6. The van der Waals surface area contributed by atoms with Gasteiger partial charge in [-0.25, -0.2) is 34.8 Å². The molecular formula is C74H46N8O2. The van der Waals surface area contributed by atoms with E-state index in [0.717, 1.165) is 66.4 Å². The molecule has 0 radical (unpaired) electrons. The molecule has 10 heteroatoms. The molecule has 0 atom stereocenters. The van der Waals surface area contributed by atoms with Gasteiger partial charge >= 0.3 is 0 Å². The molecule has 0 saturated carbocycles. The van der Waals surface area contributed by atoms with E-state index in [2.05, 4.69) is 41.0 Å². The maximum Gasteiger partial charge on any atom is 0.268 e. The van der Waals surface area contributed by atoms with E-state index in [-0.39, 0.29) is 11.1 Å². The number of benzene rings is 11. The second kappa shape index (κ2) is 20.8. The molecule has 84 heavy (non-hydrogen) atoms. The van der Waals surface area contributed by atoms with Crippen LogP contribution in [0.3, 0.4) is 0 Å². The van der Waals surface area contributed by atoms with E-state index in [1.807, 2.05) is 237 Å². The number of hydrogen-bond acceptors (Lipinski definition) is 8. The molecule has 0 spiro atoms. The summed E-state index contributed by atoms with van der Waals surface area (Å²) in [5.74, 6) is 1.86. The van der Waals surface area contributed by atoms with Crippen LogP contribution in [-0.2, 0) is 0 Å². The van der Waals surface area contributed by atoms with Gasteiger partial charge in [-0.2, -0.15) is 0 Å². The number of hydrogen-bond donors (Lipinski definition) is 0. The van der Waals surface area contributed by atoms with Crippen molar-refractivity contribution in [2.75, 3.05) is 4.90 Å². The summed E-state index contributed by atoms with van der Waals surface area (Å²) in [5.41, 5.74) is 12.5. The van der Waals surface area contributed by atoms with Gasteiger partial charge in [-0.05, 0) is 58.7 Å². The number of anilines is 1. The molecule has 10 nitrogen and oxygen atoms in total. The van der Waals surface area contributed by atoms with Crippen LogP contribution in [0.15, 0.2) is 279 Å². The van der Waals surface area contributed by atoms with Gasteiger partial charge in [0.15, 0.2) is 34.9 Å². The second-order valence-electron chi connectivity index (χ2n) is 20.5. The Morgan fingerprint density at radius 2 is 0.571 bits per heavy atom. The highest BCUT2D eigenvalue weighted by Crippen LogP contribution is 2.48. The van der Waals surface area contributed by atoms with Gasteiger partial charge in [0.05, 0.1) is 33.5 Å². The summed E-state index contributed by atoms with van der Waals surface area (Å²) in [5, 5.41) is 1.68. The molecule has 11 aromatic carbocycles. The lowest BCUT2D eigenvalue weighted by Crippen LogP contribution is -2.30. The Kier molecular flexibility index (Phi) is 12.2. The van der Waals surface area contributed by atoms with Crippen molar-refractivity contribution in [1.29, 1.82) is 0 Å². The van der Waals surface area contributed by atoms with Gasteiger partial charge in [-0.1, -0.05) is 243 Å². The van der Waals surface area contributed by atoms with Gasteiger partial charge in [0.25, 0.3) is 11.8 Å². The third-order valence-corrected chi connectivity index (χ3v) is 15.4. The number of nitrogens with zero attached hydrogens (tertiary/aromatic N) is 8. The van der Waals surface area contributed by atoms with Crippen molar-refractivity contribution in [3.63, 3.8) is 0 Å². The Morgan fingerprint density at radius 1 is 0.250 bits per heavy atom. The number of para-hydroxylation sites is 2. The zero-order valence-corrected chi connectivity index (χ0v) is 45.0. The van der Waals surface area contributed by atoms with E-state index in [0.29, 0.717) is 68.5 Å². The Bertz CT molecular complexity index is 4490. The van der Waals surface area contributed by atoms with Gasteiger partial charge in [0, 0.05) is 55.3 Å². The number of carbonyl (C=O) groups is 2. The monoisotopic (exact) mass is 1080 g/mol. The van der Waals surface area contributed by atoms with Crippen LogP contribution in [0.1, 0.15) is 20.7 Å². The molecule has 0 fully saturated rings. The molecule has 0 bridgehead atoms. The van der Waals surface area contributed by atoms with E-state index in [4.69, 9.17) is 29.9 Å². The summed E-state index contributed by atoms with van der Waals surface area (Å²) in [6, 6.07) is 91.5. The topological polar surface area (TPSA) is 120 Å². The lowest BCUT2D eigenvalue weighted by atomic mass is 9.90. The molecule has 394 valence electrons. The minimum atomic E-state index is -0.479. The first-order valence-electron chi connectivity index (χ1n) is 27.7. The van der Waals surface area contributed by atoms with Crippen LogP contribution in [0.25, 0.3) is 129 Å². The molecular weight excluding hydrogens is 1030 g/mol. The molecule has 4 heterocycles. The highest BCUT2D eigenvalue weighted by Gasteiger charge is 2.42. The quantitative estimate of drug-likeness (QED) is 0.117. The molecule has 14 aromatic rings. The number of carbonyl (C=O) groups excluding carboxylic acids is 2. The lowest BCUT2D eigenvalue weighted by Gasteiger charge is -2.24. The molecule has 15 rings (SSSR count). The predicted octanol–water partition coefficient (Wildman–Crippen LogP) is 17.0. The summed E-state index contributed by atoms with van der Waals surface area (Å²) in [7, 11) is 0. The molecule has 1 aliphatic heterocycles. The van der Waals surface area contributed by atoms with Crippen molar-refractivity contribution in [2.45, 2.75) is 0 Å². The first kappa shape index (κ1) is 49.4. The number of fused-ring (bicyclic) bond motifs is 4. The number of rotatable bonds is 11. The van der Waals surface area contributed by atoms with Crippen LogP contribution < -0.4 is 4.90 Å². The summed E-state index contributed by atoms with van der Waals surface area (Å²) in [6.45, 7) is 0. The predicted molar refractivity (Wildman–Crippen MR) is 334 cm³/mol. The Labute approximate surface area is 483 Å². The number of amides is 2. The summed E-state index contributed by atoms with van der Waals surface area (Å²) in [6.07, 6.45) is 0. The van der Waals surface area contributed by atoms with Gasteiger partial charge < -0.3 is 4.57 Å². The standard InChI is InChI=1S/C74H46N8O2/c83-73-57-41-24-44-62(63(57)74(84)82(73)66-60(48-27-10-2-11-28-48)45-54(47-25-8-1-9-26-47)46-61(66)49-29-12-3-13-30-49)81-64-55(39-22-42-58(64)71-77-67(50-31-14-4-15-32-50)75-68(78-71)51-33-16-5-17-34-51)56-40-23-43-59(65(56)81)72-79-69(52-35-18-6-19-36-52)76-70(80-72)53-37-20-7-21-38-53/h1-46H. The SMILES string of the molecule is O=C1c2cccc(-n3c4c(-c5nc(-c6ccccc6)nc(-c6ccccc6)n5)cccc4c4cccc(-c5nc(-c6ccccc6)nc(-c6ccccc6)n5)c43)c2C(=O)N1c1c(-c2ccccc2)cc(-c2ccccc2)cc1-c1ccccc1. The third kappa shape index (κ3) is 8.61. The van der Waals surface area contributed by atoms with Crippen molar-refractivity contribution in [1.82, 2.24) is 34.5 Å². The molecule has 0 N–H and O–H groups in total. The van der Waals surface area contributed by atoms with Crippen molar-refractivity contribution in [3.05, 3.63) is 290 Å². The lowest BCUT2D eigenvalue weighted by molar-refractivity contribution is 0.0926. The largest absolute Gasteiger partial charge is 0.307 e. The highest BCUT2D eigenvalue weighted by molar-refractivity contribution is 6.37. The van der Waals surface area contributed by atoms with E-state index in [1.165, 1.54) is 4.90 Å². The van der Waals surface area contributed by atoms with E-state index >= 15 is 9.59 Å². The first-order chi connectivity index (χ1) is 41.5. The van der Waals surface area contributed by atoms with E-state index < -0.39 is 11.8 Å². The van der Waals surface area contributed by atoms with E-state index in [1.54, 1.807) is 6.07 Å². The second-order valence-corrected chi connectivity index (χ2v) is 20.5. The van der Waals surface area contributed by atoms with Crippen LogP contribution in [-0.4, -0.2) is 46.3 Å².